The molecule has 0 aliphatic heterocycles. The van der Waals surface area contributed by atoms with Crippen LogP contribution in [-0.4, -0.2) is 27.1 Å². The van der Waals surface area contributed by atoms with Crippen molar-refractivity contribution in [2.45, 2.75) is 20.3 Å². The quantitative estimate of drug-likeness (QED) is 0.643. The topological polar surface area (TPSA) is 60.8 Å². The second-order valence-corrected chi connectivity index (χ2v) is 4.56. The molecule has 1 aromatic rings. The van der Waals surface area contributed by atoms with Crippen molar-refractivity contribution in [1.29, 1.82) is 0 Å². The average Bonchev–Trinajstić information content (AvgIpc) is 2.29. The van der Waals surface area contributed by atoms with Gasteiger partial charge in [-0.15, -0.1) is 0 Å². The number of nitrogens with zero attached hydrogens (tertiary/aromatic N) is 1. The Morgan fingerprint density at radius 3 is 2.53 bits per heavy atom. The number of aromatic hydroxyl groups is 2. The molecule has 0 atom stereocenters. The van der Waals surface area contributed by atoms with E-state index in [0.717, 1.165) is 9.98 Å². The van der Waals surface area contributed by atoms with E-state index in [1.54, 1.807) is 19.9 Å². The maximum atomic E-state index is 11.5. The highest BCUT2D eigenvalue weighted by molar-refractivity contribution is 6.21. The summed E-state index contributed by atoms with van der Waals surface area (Å²) < 4.78 is 1.15. The zero-order valence-electron chi connectivity index (χ0n) is 9.85. The van der Waals surface area contributed by atoms with Crippen molar-refractivity contribution in [3.8, 4) is 11.5 Å². The summed E-state index contributed by atoms with van der Waals surface area (Å²) >= 11 is 5.82. The number of halogens is 1. The number of carbonyl (C=O) groups is 1. The third-order valence-corrected chi connectivity index (χ3v) is 2.71. The largest absolute Gasteiger partial charge is 0.504 e. The Kier molecular flexibility index (Phi) is 4.63. The Balaban J connectivity index is 2.56. The normalized spacial score (nSPS) is 10.6. The smallest absolute Gasteiger partial charge is 0.239 e. The molecule has 94 valence electrons. The highest BCUT2D eigenvalue weighted by Crippen LogP contribution is 2.25. The van der Waals surface area contributed by atoms with Crippen molar-refractivity contribution >= 4 is 17.7 Å². The Bertz CT molecular complexity index is 407. The molecule has 0 bridgehead atoms. The lowest BCUT2D eigenvalue weighted by Gasteiger charge is -2.16. The molecule has 4 nitrogen and oxygen atoms in total. The van der Waals surface area contributed by atoms with Gasteiger partial charge in [0.2, 0.25) is 5.91 Å². The van der Waals surface area contributed by atoms with E-state index in [1.165, 1.54) is 12.1 Å². The number of hydrogen-bond donors (Lipinski definition) is 2. The van der Waals surface area contributed by atoms with Crippen LogP contribution in [-0.2, 0) is 11.2 Å². The van der Waals surface area contributed by atoms with Crippen LogP contribution in [0.3, 0.4) is 0 Å². The summed E-state index contributed by atoms with van der Waals surface area (Å²) in [5.41, 5.74) is 0.808. The molecular formula is C12H16ClNO3. The lowest BCUT2D eigenvalue weighted by atomic mass is 10.1. The first-order valence-electron chi connectivity index (χ1n) is 5.40. The van der Waals surface area contributed by atoms with E-state index in [9.17, 15) is 9.90 Å². The Morgan fingerprint density at radius 1 is 1.35 bits per heavy atom. The monoisotopic (exact) mass is 257 g/mol. The molecule has 1 amide bonds. The number of phenols is 2. The van der Waals surface area contributed by atoms with Crippen LogP contribution in [0.15, 0.2) is 18.2 Å². The molecule has 0 saturated heterocycles. The minimum atomic E-state index is -0.168. The summed E-state index contributed by atoms with van der Waals surface area (Å²) in [5.74, 6) is -0.594. The number of benzene rings is 1. The van der Waals surface area contributed by atoms with Crippen LogP contribution in [0, 0.1) is 5.92 Å². The lowest BCUT2D eigenvalue weighted by molar-refractivity contribution is -0.129. The predicted octanol–water partition coefficient (Wildman–Crippen LogP) is 2.28. The third-order valence-electron chi connectivity index (χ3n) is 2.37. The second kappa shape index (κ2) is 5.77. The number of rotatable bonds is 4. The van der Waals surface area contributed by atoms with Crippen molar-refractivity contribution in [3.05, 3.63) is 23.8 Å². The molecule has 17 heavy (non-hydrogen) atoms. The first-order valence-corrected chi connectivity index (χ1v) is 5.73. The fraction of sp³-hybridized carbons (Fsp3) is 0.417. The number of phenolic OH excluding ortho intramolecular Hbond substituents is 2. The number of hydrogen-bond acceptors (Lipinski definition) is 3. The highest BCUT2D eigenvalue weighted by Gasteiger charge is 2.14. The first-order chi connectivity index (χ1) is 7.91. The third kappa shape index (κ3) is 3.82. The molecule has 0 aliphatic carbocycles. The van der Waals surface area contributed by atoms with E-state index in [4.69, 9.17) is 16.9 Å². The van der Waals surface area contributed by atoms with Crippen LogP contribution in [0.2, 0.25) is 0 Å². The maximum absolute atomic E-state index is 11.5. The van der Waals surface area contributed by atoms with Crippen molar-refractivity contribution in [2.24, 2.45) is 5.92 Å². The minimum absolute atomic E-state index is 0.130. The molecule has 5 heteroatoms. The van der Waals surface area contributed by atoms with Crippen LogP contribution in [0.25, 0.3) is 0 Å². The Labute approximate surface area is 106 Å². The molecule has 1 aromatic carbocycles. The highest BCUT2D eigenvalue weighted by atomic mass is 35.5. The molecule has 0 saturated carbocycles. The average molecular weight is 258 g/mol. The van der Waals surface area contributed by atoms with Crippen LogP contribution in [0.4, 0.5) is 0 Å². The molecule has 0 aromatic heterocycles. The SMILES string of the molecule is CC(C)C(=O)N(Cl)CCc1ccc(O)c(O)c1. The molecule has 2 N–H and O–H groups in total. The van der Waals surface area contributed by atoms with Crippen LogP contribution in [0.5, 0.6) is 11.5 Å². The standard InChI is InChI=1S/C12H16ClNO3/c1-8(2)12(17)14(13)6-5-9-3-4-10(15)11(16)7-9/h3-4,7-8,15-16H,5-6H2,1-2H3. The number of amides is 1. The summed E-state index contributed by atoms with van der Waals surface area (Å²) in [5, 5.41) is 18.4. The first kappa shape index (κ1) is 13.6. The van der Waals surface area contributed by atoms with Gasteiger partial charge in [-0.1, -0.05) is 19.9 Å². The lowest BCUT2D eigenvalue weighted by Crippen LogP contribution is -2.27. The Hall–Kier alpha value is -1.42. The van der Waals surface area contributed by atoms with Crippen molar-refractivity contribution in [3.63, 3.8) is 0 Å². The van der Waals surface area contributed by atoms with E-state index < -0.39 is 0 Å². The molecule has 1 rings (SSSR count). The fourth-order valence-corrected chi connectivity index (χ4v) is 1.62. The Morgan fingerprint density at radius 2 is 2.00 bits per heavy atom. The van der Waals surface area contributed by atoms with Gasteiger partial charge in [-0.25, -0.2) is 0 Å². The van der Waals surface area contributed by atoms with Gasteiger partial charge in [-0.2, -0.15) is 0 Å². The van der Waals surface area contributed by atoms with Crippen molar-refractivity contribution in [2.75, 3.05) is 6.54 Å². The summed E-state index contributed by atoms with van der Waals surface area (Å²) in [6.45, 7) is 3.93. The second-order valence-electron chi connectivity index (χ2n) is 4.15. The van der Waals surface area contributed by atoms with Gasteiger partial charge in [0.25, 0.3) is 0 Å². The number of carbonyl (C=O) groups excluding carboxylic acids is 1. The predicted molar refractivity (Wildman–Crippen MR) is 65.9 cm³/mol. The van der Waals surface area contributed by atoms with Crippen LogP contribution in [0.1, 0.15) is 19.4 Å². The van der Waals surface area contributed by atoms with E-state index in [-0.39, 0.29) is 23.3 Å². The summed E-state index contributed by atoms with van der Waals surface area (Å²) in [6.07, 6.45) is 0.524. The molecule has 0 spiro atoms. The van der Waals surface area contributed by atoms with E-state index in [1.807, 2.05) is 0 Å². The van der Waals surface area contributed by atoms with Gasteiger partial charge in [0.15, 0.2) is 11.5 Å². The van der Waals surface area contributed by atoms with Crippen LogP contribution >= 0.6 is 11.8 Å². The zero-order chi connectivity index (χ0) is 13.0. The van der Waals surface area contributed by atoms with Gasteiger partial charge in [0.1, 0.15) is 0 Å². The minimum Gasteiger partial charge on any atom is -0.504 e. The summed E-state index contributed by atoms with van der Waals surface area (Å²) in [7, 11) is 0. The van der Waals surface area contributed by atoms with Crippen molar-refractivity contribution < 1.29 is 15.0 Å². The zero-order valence-corrected chi connectivity index (χ0v) is 10.6. The van der Waals surface area contributed by atoms with Gasteiger partial charge >= 0.3 is 0 Å². The molecule has 0 unspecified atom stereocenters. The molecule has 0 fully saturated rings. The van der Waals surface area contributed by atoms with E-state index in [2.05, 4.69) is 0 Å². The van der Waals surface area contributed by atoms with Crippen molar-refractivity contribution in [1.82, 2.24) is 4.42 Å². The van der Waals surface area contributed by atoms with Gasteiger partial charge in [-0.05, 0) is 24.1 Å². The van der Waals surface area contributed by atoms with Gasteiger partial charge in [0, 0.05) is 24.2 Å². The molecule has 0 aliphatic rings. The van der Waals surface area contributed by atoms with Gasteiger partial charge < -0.3 is 10.2 Å². The molecular weight excluding hydrogens is 242 g/mol. The molecule has 0 radical (unpaired) electrons. The summed E-state index contributed by atoms with van der Waals surface area (Å²) in [6, 6.07) is 4.55. The van der Waals surface area contributed by atoms with E-state index in [0.29, 0.717) is 13.0 Å². The maximum Gasteiger partial charge on any atom is 0.239 e. The molecule has 0 heterocycles. The van der Waals surface area contributed by atoms with Crippen LogP contribution < -0.4 is 0 Å². The van der Waals surface area contributed by atoms with Gasteiger partial charge in [-0.3, -0.25) is 9.21 Å². The van der Waals surface area contributed by atoms with E-state index >= 15 is 0 Å². The fourth-order valence-electron chi connectivity index (χ4n) is 1.34. The summed E-state index contributed by atoms with van der Waals surface area (Å²) in [4.78, 5) is 11.5. The van der Waals surface area contributed by atoms with Gasteiger partial charge in [0.05, 0.1) is 0 Å².